The summed E-state index contributed by atoms with van der Waals surface area (Å²) in [5.41, 5.74) is -2.67. The van der Waals surface area contributed by atoms with Gasteiger partial charge in [-0.25, -0.2) is 9.78 Å². The number of rotatable bonds is 5. The summed E-state index contributed by atoms with van der Waals surface area (Å²) in [7, 11) is 0. The van der Waals surface area contributed by atoms with Crippen LogP contribution in [0.1, 0.15) is 28.5 Å². The molecule has 3 rings (SSSR count). The number of halogens is 7. The number of nitrogens with zero attached hydrogens (tertiary/aromatic N) is 2. The van der Waals surface area contributed by atoms with Crippen LogP contribution in [0.2, 0.25) is 5.02 Å². The zero-order chi connectivity index (χ0) is 23.7. The third kappa shape index (κ3) is 5.30. The standard InChI is InChI=1S/C19H12ClF6N3O2S/c1-2-31-16(30)14-8-32-17(29-14)28-13-4-3-9(18(21,22)23)5-11(13)15-12(20)6-10(7-27-15)19(24,25)26/h3-8H,2H2,1H3,(H,28,29). The van der Waals surface area contributed by atoms with E-state index in [2.05, 4.69) is 15.3 Å². The molecule has 0 spiro atoms. The van der Waals surface area contributed by atoms with Gasteiger partial charge >= 0.3 is 18.3 Å². The summed E-state index contributed by atoms with van der Waals surface area (Å²) < 4.78 is 83.3. The first kappa shape index (κ1) is 23.8. The number of pyridine rings is 1. The largest absolute Gasteiger partial charge is 0.461 e. The molecule has 0 amide bonds. The Morgan fingerprint density at radius 1 is 1.12 bits per heavy atom. The number of carbonyl (C=O) groups excluding carboxylic acids is 1. The molecule has 0 atom stereocenters. The number of anilines is 2. The van der Waals surface area contributed by atoms with Crippen molar-refractivity contribution >= 4 is 39.7 Å². The lowest BCUT2D eigenvalue weighted by Gasteiger charge is -2.15. The Morgan fingerprint density at radius 3 is 2.41 bits per heavy atom. The number of ether oxygens (including phenoxy) is 1. The first-order valence-corrected chi connectivity index (χ1v) is 10.00. The fourth-order valence-corrected chi connectivity index (χ4v) is 3.52. The monoisotopic (exact) mass is 495 g/mol. The number of nitrogens with one attached hydrogen (secondary N) is 1. The second kappa shape index (κ2) is 8.94. The van der Waals surface area contributed by atoms with Gasteiger partial charge in [0.1, 0.15) is 0 Å². The molecule has 0 unspecified atom stereocenters. The highest BCUT2D eigenvalue weighted by molar-refractivity contribution is 7.14. The normalized spacial score (nSPS) is 12.0. The molecule has 0 radical (unpaired) electrons. The number of thiazole rings is 1. The van der Waals surface area contributed by atoms with Crippen molar-refractivity contribution in [2.45, 2.75) is 19.3 Å². The number of hydrogen-bond donors (Lipinski definition) is 1. The summed E-state index contributed by atoms with van der Waals surface area (Å²) in [6.07, 6.45) is -8.97. The quantitative estimate of drug-likeness (QED) is 0.311. The second-order valence-electron chi connectivity index (χ2n) is 6.19. The molecule has 0 fully saturated rings. The highest BCUT2D eigenvalue weighted by Gasteiger charge is 2.33. The summed E-state index contributed by atoms with van der Waals surface area (Å²) in [5, 5.41) is 3.78. The van der Waals surface area contributed by atoms with Crippen LogP contribution in [0.3, 0.4) is 0 Å². The summed E-state index contributed by atoms with van der Waals surface area (Å²) in [4.78, 5) is 19.4. The van der Waals surface area contributed by atoms with Crippen LogP contribution in [0, 0.1) is 0 Å². The first-order chi connectivity index (χ1) is 14.9. The van der Waals surface area contributed by atoms with Crippen molar-refractivity contribution in [2.75, 3.05) is 11.9 Å². The van der Waals surface area contributed by atoms with Gasteiger partial charge in [0.25, 0.3) is 0 Å². The SMILES string of the molecule is CCOC(=O)c1csc(Nc2ccc(C(F)(F)F)cc2-c2ncc(C(F)(F)F)cc2Cl)n1. The Hall–Kier alpha value is -2.86. The van der Waals surface area contributed by atoms with Gasteiger partial charge in [-0.2, -0.15) is 26.3 Å². The van der Waals surface area contributed by atoms with Crippen molar-refractivity contribution < 1.29 is 35.9 Å². The predicted molar refractivity (Wildman–Crippen MR) is 106 cm³/mol. The van der Waals surface area contributed by atoms with Crippen molar-refractivity contribution in [1.82, 2.24) is 9.97 Å². The van der Waals surface area contributed by atoms with Crippen molar-refractivity contribution in [3.63, 3.8) is 0 Å². The molecule has 1 aromatic carbocycles. The topological polar surface area (TPSA) is 64.1 Å². The highest BCUT2D eigenvalue weighted by atomic mass is 35.5. The molecule has 3 aromatic rings. The van der Waals surface area contributed by atoms with E-state index in [9.17, 15) is 31.1 Å². The number of esters is 1. The van der Waals surface area contributed by atoms with E-state index in [1.54, 1.807) is 6.92 Å². The molecular formula is C19H12ClF6N3O2S. The van der Waals surface area contributed by atoms with Gasteiger partial charge in [-0.1, -0.05) is 11.6 Å². The fraction of sp³-hybridized carbons (Fsp3) is 0.211. The maximum absolute atomic E-state index is 13.2. The molecule has 1 N–H and O–H groups in total. The van der Waals surface area contributed by atoms with Crippen LogP contribution in [0.5, 0.6) is 0 Å². The van der Waals surface area contributed by atoms with Crippen LogP contribution < -0.4 is 5.32 Å². The zero-order valence-corrected chi connectivity index (χ0v) is 17.5. The number of aromatic nitrogens is 2. The Morgan fingerprint density at radius 2 is 1.81 bits per heavy atom. The van der Waals surface area contributed by atoms with Gasteiger partial charge in [-0.05, 0) is 31.2 Å². The predicted octanol–water partition coefficient (Wildman–Crippen LogP) is 6.82. The summed E-state index contributed by atoms with van der Waals surface area (Å²) >= 11 is 6.92. The minimum Gasteiger partial charge on any atom is -0.461 e. The average molecular weight is 496 g/mol. The van der Waals surface area contributed by atoms with Gasteiger partial charge in [0.05, 0.1) is 28.5 Å². The van der Waals surface area contributed by atoms with Gasteiger partial charge in [0.15, 0.2) is 10.8 Å². The molecule has 5 nitrogen and oxygen atoms in total. The molecule has 170 valence electrons. The van der Waals surface area contributed by atoms with Crippen molar-refractivity contribution in [3.8, 4) is 11.3 Å². The van der Waals surface area contributed by atoms with Gasteiger partial charge in [-0.15, -0.1) is 11.3 Å². The molecule has 32 heavy (non-hydrogen) atoms. The second-order valence-corrected chi connectivity index (χ2v) is 7.46. The first-order valence-electron chi connectivity index (χ1n) is 8.74. The van der Waals surface area contributed by atoms with E-state index in [4.69, 9.17) is 16.3 Å². The number of carbonyl (C=O) groups is 1. The zero-order valence-electron chi connectivity index (χ0n) is 15.9. The molecule has 0 aliphatic heterocycles. The third-order valence-corrected chi connectivity index (χ3v) is 5.05. The number of hydrogen-bond acceptors (Lipinski definition) is 6. The van der Waals surface area contributed by atoms with Crippen LogP contribution in [-0.4, -0.2) is 22.5 Å². The smallest absolute Gasteiger partial charge is 0.417 e. The Kier molecular flexibility index (Phi) is 6.65. The lowest BCUT2D eigenvalue weighted by atomic mass is 10.0. The fourth-order valence-electron chi connectivity index (χ4n) is 2.56. The average Bonchev–Trinajstić information content (AvgIpc) is 3.16. The van der Waals surface area contributed by atoms with Crippen molar-refractivity contribution in [2.24, 2.45) is 0 Å². The van der Waals surface area contributed by atoms with E-state index < -0.39 is 34.5 Å². The third-order valence-electron chi connectivity index (χ3n) is 4.00. The maximum Gasteiger partial charge on any atom is 0.417 e. The summed E-state index contributed by atoms with van der Waals surface area (Å²) in [6, 6.07) is 3.14. The highest BCUT2D eigenvalue weighted by Crippen LogP contribution is 2.40. The molecule has 13 heteroatoms. The molecule has 0 bridgehead atoms. The lowest BCUT2D eigenvalue weighted by Crippen LogP contribution is -2.08. The van der Waals surface area contributed by atoms with Gasteiger partial charge in [-0.3, -0.25) is 4.98 Å². The molecule has 0 aliphatic carbocycles. The van der Waals surface area contributed by atoms with E-state index in [1.807, 2.05) is 0 Å². The minimum atomic E-state index is -4.73. The van der Waals surface area contributed by atoms with E-state index in [0.29, 0.717) is 18.3 Å². The molecule has 2 heterocycles. The molecular weight excluding hydrogens is 484 g/mol. The summed E-state index contributed by atoms with van der Waals surface area (Å²) in [6.45, 7) is 1.74. The van der Waals surface area contributed by atoms with E-state index in [1.165, 1.54) is 5.38 Å². The van der Waals surface area contributed by atoms with Crippen LogP contribution in [0.15, 0.2) is 35.8 Å². The summed E-state index contributed by atoms with van der Waals surface area (Å²) in [5.74, 6) is -0.683. The maximum atomic E-state index is 13.2. The van der Waals surface area contributed by atoms with Crippen molar-refractivity contribution in [1.29, 1.82) is 0 Å². The molecule has 0 saturated heterocycles. The minimum absolute atomic E-state index is 0.0153. The van der Waals surface area contributed by atoms with Gasteiger partial charge < -0.3 is 10.1 Å². The number of alkyl halides is 6. The van der Waals surface area contributed by atoms with Crippen molar-refractivity contribution in [3.05, 3.63) is 57.7 Å². The van der Waals surface area contributed by atoms with Crippen LogP contribution in [0.25, 0.3) is 11.3 Å². The van der Waals surface area contributed by atoms with Gasteiger partial charge in [0, 0.05) is 22.8 Å². The molecule has 2 aromatic heterocycles. The lowest BCUT2D eigenvalue weighted by molar-refractivity contribution is -0.138. The Balaban J connectivity index is 2.06. The van der Waals surface area contributed by atoms with E-state index >= 15 is 0 Å². The number of benzene rings is 1. The molecule has 0 aliphatic rings. The Labute approximate surface area is 186 Å². The van der Waals surface area contributed by atoms with Crippen LogP contribution in [0.4, 0.5) is 37.2 Å². The van der Waals surface area contributed by atoms with Gasteiger partial charge in [0.2, 0.25) is 0 Å². The Bertz CT molecular complexity index is 1150. The van der Waals surface area contributed by atoms with Crippen LogP contribution in [-0.2, 0) is 17.1 Å². The van der Waals surface area contributed by atoms with Crippen LogP contribution >= 0.6 is 22.9 Å². The van der Waals surface area contributed by atoms with E-state index in [-0.39, 0.29) is 34.4 Å². The molecule has 0 saturated carbocycles. The van der Waals surface area contributed by atoms with E-state index in [0.717, 1.165) is 23.5 Å².